The van der Waals surface area contributed by atoms with Crippen LogP contribution in [0.25, 0.3) is 11.0 Å². The Kier molecular flexibility index (Phi) is 5.10. The molecule has 1 unspecified atom stereocenters. The van der Waals surface area contributed by atoms with E-state index in [2.05, 4.69) is 4.98 Å². The number of aromatic nitrogens is 2. The lowest BCUT2D eigenvalue weighted by molar-refractivity contribution is -0.0542. The molecule has 8 heteroatoms. The van der Waals surface area contributed by atoms with Gasteiger partial charge in [0.2, 0.25) is 5.95 Å². The molecule has 34 heavy (non-hydrogen) atoms. The Balaban J connectivity index is 1.67. The fourth-order valence-electron chi connectivity index (χ4n) is 4.68. The highest BCUT2D eigenvalue weighted by Crippen LogP contribution is 2.43. The number of carbonyl (C=O) groups is 2. The summed E-state index contributed by atoms with van der Waals surface area (Å²) in [6, 6.07) is 21.9. The molecule has 0 fully saturated rings. The molecule has 1 atom stereocenters. The Morgan fingerprint density at radius 2 is 1.76 bits per heavy atom. The van der Waals surface area contributed by atoms with Crippen LogP contribution in [-0.4, -0.2) is 43.2 Å². The topological polar surface area (TPSA) is 98.9 Å². The number of imidazole rings is 1. The summed E-state index contributed by atoms with van der Waals surface area (Å²) in [7, 11) is 1.75. The summed E-state index contributed by atoms with van der Waals surface area (Å²) in [6.07, 6.45) is -1.09. The number of hydrogen-bond acceptors (Lipinski definition) is 4. The van der Waals surface area contributed by atoms with Crippen LogP contribution in [0.1, 0.15) is 34.0 Å². The minimum atomic E-state index is -1.70. The largest absolute Gasteiger partial charge is 0.465 e. The molecule has 1 aliphatic heterocycles. The van der Waals surface area contributed by atoms with E-state index in [-0.39, 0.29) is 24.9 Å². The summed E-state index contributed by atoms with van der Waals surface area (Å²) in [5.74, 6) is 0.0324. The molecule has 3 aromatic carbocycles. The van der Waals surface area contributed by atoms with E-state index in [1.807, 2.05) is 30.3 Å². The Morgan fingerprint density at radius 3 is 2.47 bits per heavy atom. The van der Waals surface area contributed by atoms with Gasteiger partial charge in [-0.1, -0.05) is 54.6 Å². The second kappa shape index (κ2) is 8.00. The quantitative estimate of drug-likeness (QED) is 0.474. The monoisotopic (exact) mass is 456 g/mol. The highest BCUT2D eigenvalue weighted by molar-refractivity contribution is 6.00. The zero-order chi connectivity index (χ0) is 24.0. The number of benzene rings is 3. The molecule has 2 amide bonds. The maximum absolute atomic E-state index is 13.4. The van der Waals surface area contributed by atoms with Gasteiger partial charge in [-0.15, -0.1) is 0 Å². The van der Waals surface area contributed by atoms with Gasteiger partial charge >= 0.3 is 6.09 Å². The third kappa shape index (κ3) is 3.14. The van der Waals surface area contributed by atoms with Gasteiger partial charge in [0, 0.05) is 36.8 Å². The number of anilines is 1. The standard InChI is InChI=1S/C26H24N4O4/c1-3-29(25(32)33)24-27-21-15-18(13-14-22(21)28(24)2)26(34)20-12-8-7-11-19(20)23(31)30(26)16-17-9-5-4-6-10-17/h4-15,34H,3,16H2,1-2H3,(H,32,33). The van der Waals surface area contributed by atoms with E-state index < -0.39 is 11.8 Å². The molecule has 0 radical (unpaired) electrons. The SMILES string of the molecule is CCN(C(=O)O)c1nc2cc(C3(O)c4ccccc4C(=O)N3Cc3ccccc3)ccc2n1C. The van der Waals surface area contributed by atoms with Crippen molar-refractivity contribution in [2.75, 3.05) is 11.4 Å². The van der Waals surface area contributed by atoms with Crippen LogP contribution in [0.4, 0.5) is 10.7 Å². The van der Waals surface area contributed by atoms with Gasteiger partial charge in [0.05, 0.1) is 11.0 Å². The molecular formula is C26H24N4O4. The molecule has 2 N–H and O–H groups in total. The van der Waals surface area contributed by atoms with Crippen molar-refractivity contribution in [1.29, 1.82) is 0 Å². The Morgan fingerprint density at radius 1 is 1.06 bits per heavy atom. The minimum Gasteiger partial charge on any atom is -0.465 e. The number of aryl methyl sites for hydroxylation is 1. The minimum absolute atomic E-state index is 0.221. The molecule has 1 aliphatic rings. The van der Waals surface area contributed by atoms with Crippen LogP contribution in [0.2, 0.25) is 0 Å². The highest BCUT2D eigenvalue weighted by atomic mass is 16.4. The first kappa shape index (κ1) is 21.7. The molecular weight excluding hydrogens is 432 g/mol. The molecule has 5 rings (SSSR count). The predicted molar refractivity (Wildman–Crippen MR) is 128 cm³/mol. The van der Waals surface area contributed by atoms with Crippen molar-refractivity contribution in [2.45, 2.75) is 19.2 Å². The number of fused-ring (bicyclic) bond motifs is 2. The number of rotatable bonds is 5. The van der Waals surface area contributed by atoms with E-state index in [4.69, 9.17) is 0 Å². The van der Waals surface area contributed by atoms with E-state index in [0.717, 1.165) is 10.5 Å². The van der Waals surface area contributed by atoms with E-state index in [1.165, 1.54) is 4.90 Å². The Hall–Kier alpha value is -4.17. The van der Waals surface area contributed by atoms with Crippen LogP contribution in [0, 0.1) is 0 Å². The van der Waals surface area contributed by atoms with Crippen molar-refractivity contribution < 1.29 is 19.8 Å². The fraction of sp³-hybridized carbons (Fsp3) is 0.192. The summed E-state index contributed by atoms with van der Waals surface area (Å²) in [5.41, 5.74) is 1.87. The van der Waals surface area contributed by atoms with E-state index >= 15 is 0 Å². The summed E-state index contributed by atoms with van der Waals surface area (Å²) in [6.45, 7) is 2.21. The van der Waals surface area contributed by atoms with Crippen molar-refractivity contribution in [3.63, 3.8) is 0 Å². The Labute approximate surface area is 196 Å². The second-order valence-corrected chi connectivity index (χ2v) is 8.30. The van der Waals surface area contributed by atoms with Crippen molar-refractivity contribution >= 4 is 29.0 Å². The van der Waals surface area contributed by atoms with Crippen LogP contribution in [0.3, 0.4) is 0 Å². The highest BCUT2D eigenvalue weighted by Gasteiger charge is 2.49. The first-order valence-corrected chi connectivity index (χ1v) is 11.0. The van der Waals surface area contributed by atoms with Crippen LogP contribution in [0.15, 0.2) is 72.8 Å². The van der Waals surface area contributed by atoms with E-state index in [9.17, 15) is 19.8 Å². The predicted octanol–water partition coefficient (Wildman–Crippen LogP) is 3.93. The summed E-state index contributed by atoms with van der Waals surface area (Å²) >= 11 is 0. The molecule has 0 aliphatic carbocycles. The maximum atomic E-state index is 13.4. The van der Waals surface area contributed by atoms with Gasteiger partial charge in [0.1, 0.15) is 0 Å². The summed E-state index contributed by atoms with van der Waals surface area (Å²) < 4.78 is 1.70. The molecule has 0 saturated heterocycles. The normalized spacial score (nSPS) is 17.3. The number of nitrogens with zero attached hydrogens (tertiary/aromatic N) is 4. The lowest BCUT2D eigenvalue weighted by atomic mass is 9.93. The Bertz CT molecular complexity index is 1420. The molecule has 8 nitrogen and oxygen atoms in total. The van der Waals surface area contributed by atoms with Gasteiger partial charge in [-0.05, 0) is 30.7 Å². The third-order valence-electron chi connectivity index (χ3n) is 6.40. The zero-order valence-electron chi connectivity index (χ0n) is 18.8. The van der Waals surface area contributed by atoms with Crippen LogP contribution in [-0.2, 0) is 19.3 Å². The van der Waals surface area contributed by atoms with Gasteiger partial charge in [-0.3, -0.25) is 9.69 Å². The van der Waals surface area contributed by atoms with Gasteiger partial charge in [0.15, 0.2) is 5.72 Å². The molecule has 0 saturated carbocycles. The fourth-order valence-corrected chi connectivity index (χ4v) is 4.68. The van der Waals surface area contributed by atoms with Crippen molar-refractivity contribution in [3.8, 4) is 0 Å². The lowest BCUT2D eigenvalue weighted by Crippen LogP contribution is -2.44. The smallest absolute Gasteiger partial charge is 0.414 e. The van der Waals surface area contributed by atoms with E-state index in [1.54, 1.807) is 61.0 Å². The van der Waals surface area contributed by atoms with Crippen LogP contribution >= 0.6 is 0 Å². The van der Waals surface area contributed by atoms with Crippen molar-refractivity contribution in [2.24, 2.45) is 7.05 Å². The van der Waals surface area contributed by atoms with Crippen molar-refractivity contribution in [1.82, 2.24) is 14.5 Å². The summed E-state index contributed by atoms with van der Waals surface area (Å²) in [4.78, 5) is 32.2. The average Bonchev–Trinajstić information content (AvgIpc) is 3.28. The van der Waals surface area contributed by atoms with Gasteiger partial charge in [0.25, 0.3) is 5.91 Å². The average molecular weight is 457 g/mol. The molecule has 1 aromatic heterocycles. The summed E-state index contributed by atoms with van der Waals surface area (Å²) in [5, 5.41) is 21.7. The van der Waals surface area contributed by atoms with Gasteiger partial charge in [-0.2, -0.15) is 0 Å². The van der Waals surface area contributed by atoms with Crippen LogP contribution in [0.5, 0.6) is 0 Å². The molecule has 4 aromatic rings. The maximum Gasteiger partial charge on any atom is 0.414 e. The number of aliphatic hydroxyl groups is 1. The molecule has 2 heterocycles. The number of carbonyl (C=O) groups excluding carboxylic acids is 1. The first-order valence-electron chi connectivity index (χ1n) is 11.0. The number of carboxylic acid groups (broad SMARTS) is 1. The number of amides is 2. The molecule has 172 valence electrons. The van der Waals surface area contributed by atoms with Gasteiger partial charge < -0.3 is 14.8 Å². The third-order valence-corrected chi connectivity index (χ3v) is 6.40. The van der Waals surface area contributed by atoms with E-state index in [0.29, 0.717) is 27.7 Å². The lowest BCUT2D eigenvalue weighted by Gasteiger charge is -2.35. The molecule has 0 bridgehead atoms. The number of hydrogen-bond donors (Lipinski definition) is 2. The van der Waals surface area contributed by atoms with Crippen molar-refractivity contribution in [3.05, 3.63) is 95.1 Å². The molecule has 0 spiro atoms. The zero-order valence-corrected chi connectivity index (χ0v) is 18.8. The second-order valence-electron chi connectivity index (χ2n) is 8.30. The van der Waals surface area contributed by atoms with Crippen LogP contribution < -0.4 is 4.90 Å². The van der Waals surface area contributed by atoms with Gasteiger partial charge in [-0.25, -0.2) is 14.7 Å². The first-order chi connectivity index (χ1) is 16.4.